The van der Waals surface area contributed by atoms with Crippen LogP contribution in [0.1, 0.15) is 146 Å². The normalized spacial score (nSPS) is 21.0. The van der Waals surface area contributed by atoms with Crippen molar-refractivity contribution >= 4 is 135 Å². The predicted octanol–water partition coefficient (Wildman–Crippen LogP) is -5.53. The van der Waals surface area contributed by atoms with Crippen LogP contribution in [0.15, 0.2) is 54.7 Å². The van der Waals surface area contributed by atoms with Gasteiger partial charge in [-0.2, -0.15) is 0 Å². The number of primary amides is 1. The summed E-state index contributed by atoms with van der Waals surface area (Å²) in [6, 6.07) is -10.4. The van der Waals surface area contributed by atoms with Crippen molar-refractivity contribution in [1.29, 1.82) is 0 Å². The van der Waals surface area contributed by atoms with Crippen molar-refractivity contribution < 1.29 is 126 Å². The number of anilines is 1. The van der Waals surface area contributed by atoms with Crippen molar-refractivity contribution in [3.63, 3.8) is 0 Å². The Hall–Kier alpha value is -12.7. The number of nitrogen functional groups attached to an aromatic ring is 1. The van der Waals surface area contributed by atoms with E-state index in [2.05, 4.69) is 59.8 Å². The molecule has 2 aromatic carbocycles. The van der Waals surface area contributed by atoms with Gasteiger partial charge in [0.15, 0.2) is 5.78 Å². The number of esters is 1. The molecule has 630 valence electrons. The van der Waals surface area contributed by atoms with Gasteiger partial charge in [0.1, 0.15) is 72.6 Å². The number of aromatic amines is 1. The number of likely N-dealkylation sites (N-methyl/N-ethyl adjacent to an activating group) is 1. The van der Waals surface area contributed by atoms with Gasteiger partial charge in [0.25, 0.3) is 0 Å². The molecule has 1 aliphatic rings. The van der Waals surface area contributed by atoms with Crippen molar-refractivity contribution in [3.8, 4) is 0 Å². The first-order chi connectivity index (χ1) is 54.4. The van der Waals surface area contributed by atoms with E-state index in [1.165, 1.54) is 24.3 Å². The molecule has 14 amide bonds. The fourth-order valence-electron chi connectivity index (χ4n) is 11.7. The average Bonchev–Trinajstić information content (AvgIpc) is 1.73. The molecule has 115 heavy (non-hydrogen) atoms. The molecule has 0 aliphatic carbocycles. The number of hydrogen-bond acceptors (Lipinski definition) is 24. The first-order valence-corrected chi connectivity index (χ1v) is 36.8. The molecule has 0 bridgehead atoms. The highest BCUT2D eigenvalue weighted by Gasteiger charge is 2.41. The van der Waals surface area contributed by atoms with Crippen LogP contribution in [-0.4, -0.2) is 260 Å². The lowest BCUT2D eigenvalue weighted by Crippen LogP contribution is -2.62. The Balaban J connectivity index is 1.88. The number of carbonyl (C=O) groups is 20. The van der Waals surface area contributed by atoms with Gasteiger partial charge >= 0.3 is 29.8 Å². The molecule has 1 saturated heterocycles. The number of unbranched alkanes of at least 4 members (excludes halogenated alkanes) is 6. The van der Waals surface area contributed by atoms with E-state index in [0.29, 0.717) is 34.2 Å². The number of ketones is 1. The topological polar surface area (TPSA) is 693 Å². The van der Waals surface area contributed by atoms with Crippen LogP contribution in [0.5, 0.6) is 0 Å². The second-order valence-electron chi connectivity index (χ2n) is 27.2. The molecule has 1 fully saturated rings. The van der Waals surface area contributed by atoms with E-state index in [9.17, 15) is 117 Å². The van der Waals surface area contributed by atoms with Gasteiger partial charge in [-0.15, -0.1) is 0 Å². The van der Waals surface area contributed by atoms with E-state index in [0.717, 1.165) is 53.0 Å². The lowest BCUT2D eigenvalue weighted by molar-refractivity contribution is -0.157. The molecule has 43 nitrogen and oxygen atoms in total. The Morgan fingerprint density at radius 2 is 1.11 bits per heavy atom. The van der Waals surface area contributed by atoms with Crippen LogP contribution < -0.4 is 81.0 Å². The molecule has 0 saturated carbocycles. The third-order valence-electron chi connectivity index (χ3n) is 17.8. The largest absolute Gasteiger partial charge is 0.481 e. The summed E-state index contributed by atoms with van der Waals surface area (Å²) in [6.45, 7) is 0.150. The average molecular weight is 1620 g/mol. The van der Waals surface area contributed by atoms with Crippen LogP contribution in [-0.2, 0) is 102 Å². The van der Waals surface area contributed by atoms with Gasteiger partial charge in [0, 0.05) is 61.1 Å². The molecule has 1 aromatic heterocycles. The zero-order valence-electron chi connectivity index (χ0n) is 63.7. The third kappa shape index (κ3) is 32.5. The molecule has 43 heteroatoms. The second-order valence-corrected chi connectivity index (χ2v) is 27.2. The maximum absolute atomic E-state index is 15.1. The molecular weight excluding hydrogens is 1520 g/mol. The van der Waals surface area contributed by atoms with Crippen LogP contribution in [0.25, 0.3) is 10.9 Å². The van der Waals surface area contributed by atoms with Gasteiger partial charge in [-0.1, -0.05) is 75.8 Å². The number of cyclic esters (lactones) is 1. The third-order valence-corrected chi connectivity index (χ3v) is 17.8. The fourth-order valence-corrected chi connectivity index (χ4v) is 11.7. The standard InChI is InChI=1S/C72H101N17O26/c1-5-6-7-8-9-10-11-22-54(93)80-45(26-38-32-76-42-20-15-13-17-39(38)42)67(109)86-49(31-60(102)103)68(110)84-46(28-53(75)92)69(111)88-61-37(3)115-72(114)50(27-52(91)40-18-12-14-19-41(40)74)87-65(107)44(23-24-57(96)97)82-70(112)51(35-90)81-55(94)33-77-63(105)47(29-58(98)99)83-62(104)36(2)78-66(108)48(30-59(100)101)85-64(106)43(21-16-25-73)79-56(95)34-89(4)71(61)113/h12-15,17-20,32,36-37,43-51,61,76,90H,5-11,16,21-31,33-35,73-74H2,1-4H3,(H2,75,92)(H,77,105)(H,78,108)(H,79,95)(H,80,93)(H,81,94)(H,82,112)(H,83,104)(H,84,110)(H,85,106)(H,86,109)(H,87,107)(H,88,111)(H,96,97)(H,98,99)(H,100,101)(H,102,103)/t36-,37-,43+,44+,45+,46+,47+,48+,49-,50+,51-,61+/m1/s1. The number of H-pyrrole nitrogens is 1. The summed E-state index contributed by atoms with van der Waals surface area (Å²) >= 11 is 0. The number of aliphatic hydroxyl groups excluding tert-OH is 1. The van der Waals surface area contributed by atoms with Gasteiger partial charge < -0.3 is 121 Å². The van der Waals surface area contributed by atoms with E-state index < -0.39 is 256 Å². The smallest absolute Gasteiger partial charge is 0.329 e. The zero-order chi connectivity index (χ0) is 85.8. The van der Waals surface area contributed by atoms with Crippen LogP contribution in [0.4, 0.5) is 5.69 Å². The van der Waals surface area contributed by atoms with E-state index in [1.54, 1.807) is 30.5 Å². The van der Waals surface area contributed by atoms with Crippen molar-refractivity contribution in [1.82, 2.24) is 73.7 Å². The summed E-state index contributed by atoms with van der Waals surface area (Å²) in [5, 5.41) is 76.4. The van der Waals surface area contributed by atoms with Crippen LogP contribution >= 0.6 is 0 Å². The van der Waals surface area contributed by atoms with Crippen molar-refractivity contribution in [3.05, 3.63) is 65.9 Å². The Kier molecular flexibility index (Phi) is 39.2. The number of ether oxygens (including phenoxy) is 1. The number of benzene rings is 2. The Labute approximate surface area is 657 Å². The number of carboxylic acid groups (broad SMARTS) is 4. The summed E-state index contributed by atoms with van der Waals surface area (Å²) in [6.07, 6.45) is -3.17. The fraction of sp³-hybridized carbons (Fsp3) is 0.528. The Bertz CT molecular complexity index is 4040. The molecule has 1 aliphatic heterocycles. The summed E-state index contributed by atoms with van der Waals surface area (Å²) in [5.41, 5.74) is 18.1. The SMILES string of the molecule is CCCCCCCCCC(=O)N[C@@H](Cc1c[nH]c2ccccc12)C(=O)N[C@H](CC(=O)O)C(=O)N[C@@H](CC(N)=O)C(=O)N[C@@H]1C(=O)N(C)CC(=O)N[C@@H](CCCN)C(=O)N[C@@H](CC(=O)O)C(=O)N[C@H](C)C(=O)N[C@@H](CC(=O)O)C(=O)NCC(=O)N[C@H](CO)C(=O)N[C@@H](CCC(=O)O)C(=O)N[C@@H](CC(=O)c2ccccc2N)C(=O)O[C@@H]1C. The predicted molar refractivity (Wildman–Crippen MR) is 400 cm³/mol. The summed E-state index contributed by atoms with van der Waals surface area (Å²) in [7, 11) is 0.895. The van der Waals surface area contributed by atoms with Crippen molar-refractivity contribution in [2.75, 3.05) is 39.0 Å². The number of aromatic nitrogens is 1. The Morgan fingerprint density at radius 3 is 1.72 bits per heavy atom. The van der Waals surface area contributed by atoms with Crippen LogP contribution in [0.3, 0.4) is 0 Å². The molecule has 0 spiro atoms. The highest BCUT2D eigenvalue weighted by molar-refractivity contribution is 6.05. The maximum Gasteiger partial charge on any atom is 0.329 e. The number of carbonyl (C=O) groups excluding carboxylic acids is 16. The minimum atomic E-state index is -2.41. The number of Topliss-reactive ketones (excluding diaryl/α,β-unsaturated/α-hetero) is 1. The second kappa shape index (κ2) is 47.6. The van der Waals surface area contributed by atoms with Gasteiger partial charge in [-0.25, -0.2) is 4.79 Å². The number of nitrogens with zero attached hydrogens (tertiary/aromatic N) is 1. The molecule has 12 atom stereocenters. The van der Waals surface area contributed by atoms with Gasteiger partial charge in [0.05, 0.1) is 45.4 Å². The number of aliphatic hydroxyl groups is 1. The number of carboxylic acids is 4. The number of nitrogens with one attached hydrogen (secondary N) is 13. The van der Waals surface area contributed by atoms with E-state index in [1.807, 2.05) is 16.0 Å². The minimum absolute atomic E-state index is 0.0258. The molecule has 4 rings (SSSR count). The number of hydrogen-bond donors (Lipinski definition) is 21. The van der Waals surface area contributed by atoms with E-state index in [4.69, 9.17) is 21.9 Å². The number of nitrogens with two attached hydrogens (primary N) is 3. The van der Waals surface area contributed by atoms with E-state index in [-0.39, 0.29) is 43.5 Å². The monoisotopic (exact) mass is 1620 g/mol. The molecule has 3 aromatic rings. The number of rotatable bonds is 35. The first kappa shape index (κ1) is 94.7. The minimum Gasteiger partial charge on any atom is -0.481 e. The van der Waals surface area contributed by atoms with Gasteiger partial charge in [-0.05, 0) is 69.8 Å². The first-order valence-electron chi connectivity index (χ1n) is 36.8. The molecule has 0 radical (unpaired) electrons. The number of para-hydroxylation sites is 2. The molecule has 2 heterocycles. The summed E-state index contributed by atoms with van der Waals surface area (Å²) < 4.78 is 5.73. The highest BCUT2D eigenvalue weighted by Crippen LogP contribution is 2.21. The molecule has 0 unspecified atom stereocenters. The summed E-state index contributed by atoms with van der Waals surface area (Å²) in [5.74, 6) is -28.0. The summed E-state index contributed by atoms with van der Waals surface area (Å²) in [4.78, 5) is 277. The maximum atomic E-state index is 15.1. The van der Waals surface area contributed by atoms with Gasteiger partial charge in [0.2, 0.25) is 82.7 Å². The lowest BCUT2D eigenvalue weighted by Gasteiger charge is -2.31. The van der Waals surface area contributed by atoms with Gasteiger partial charge in [-0.3, -0.25) is 91.1 Å². The van der Waals surface area contributed by atoms with Crippen LogP contribution in [0, 0.1) is 0 Å². The van der Waals surface area contributed by atoms with Crippen molar-refractivity contribution in [2.45, 2.75) is 209 Å². The quantitative estimate of drug-likeness (QED) is 0.0113. The number of aliphatic carboxylic acids is 4. The zero-order valence-corrected chi connectivity index (χ0v) is 63.7. The van der Waals surface area contributed by atoms with E-state index >= 15 is 4.79 Å². The molecule has 24 N–H and O–H groups in total. The Morgan fingerprint density at radius 1 is 0.565 bits per heavy atom. The molecular formula is C72H101N17O26. The number of fused-ring (bicyclic) bond motifs is 1. The lowest BCUT2D eigenvalue weighted by atomic mass is 10.0. The van der Waals surface area contributed by atoms with Crippen LogP contribution in [0.2, 0.25) is 0 Å². The highest BCUT2D eigenvalue weighted by atomic mass is 16.5. The van der Waals surface area contributed by atoms with Crippen molar-refractivity contribution in [2.24, 2.45) is 11.5 Å². The number of amides is 14.